The normalized spacial score (nSPS) is 13.6. The van der Waals surface area contributed by atoms with E-state index in [4.69, 9.17) is 8.83 Å². The molecule has 2 spiro atoms. The molecule has 0 saturated carbocycles. The number of nitrogens with zero attached hydrogens (tertiary/aromatic N) is 2. The van der Waals surface area contributed by atoms with Crippen LogP contribution in [0.5, 0.6) is 0 Å². The second-order valence-electron chi connectivity index (χ2n) is 27.3. The van der Waals surface area contributed by atoms with Crippen molar-refractivity contribution >= 4 is 88.8 Å². The van der Waals surface area contributed by atoms with Gasteiger partial charge in [0.05, 0.1) is 10.8 Å². The lowest BCUT2D eigenvalue weighted by Gasteiger charge is -2.32. The summed E-state index contributed by atoms with van der Waals surface area (Å²) in [4.78, 5) is 4.81. The van der Waals surface area contributed by atoms with Crippen LogP contribution < -0.4 is 9.80 Å². The van der Waals surface area contributed by atoms with E-state index in [2.05, 4.69) is 362 Å². The SMILES string of the molecule is c1ccc(-c2ccc(N(c3ccc4c(c3)C3(c5ccccc5-c5ccccc53)c3ccccc3-4)c3ccc4c(c3)oc3cc5cc6oc7cc(N(c8ccc(-c9ccccc9)cc8)c8ccc9c(c8)C8(c%10ccccc%10-c%10ccccc%108)c8ccccc8-9)ccc7c6cc5cc34)cc2)cc1. The zero-order valence-electron chi connectivity index (χ0n) is 54.2. The maximum Gasteiger partial charge on any atom is 0.137 e. The van der Waals surface area contributed by atoms with E-state index < -0.39 is 10.8 Å². The topological polar surface area (TPSA) is 32.8 Å². The fourth-order valence-corrected chi connectivity index (χ4v) is 18.3. The molecule has 4 heteroatoms. The Labute approximate surface area is 577 Å². The van der Waals surface area contributed by atoms with E-state index in [1.54, 1.807) is 0 Å². The van der Waals surface area contributed by atoms with Crippen LogP contribution in [-0.4, -0.2) is 0 Å². The van der Waals surface area contributed by atoms with E-state index in [9.17, 15) is 0 Å². The molecule has 0 atom stereocenters. The molecular weight excluding hydrogens is 1210 g/mol. The van der Waals surface area contributed by atoms with Crippen molar-refractivity contribution in [3.05, 3.63) is 396 Å². The Morgan fingerprint density at radius 2 is 0.440 bits per heavy atom. The Kier molecular flexibility index (Phi) is 11.4. The third-order valence-corrected chi connectivity index (χ3v) is 22.4. The van der Waals surface area contributed by atoms with Gasteiger partial charge >= 0.3 is 0 Å². The number of hydrogen-bond acceptors (Lipinski definition) is 4. The minimum Gasteiger partial charge on any atom is -0.456 e. The van der Waals surface area contributed by atoms with E-state index in [1.807, 2.05) is 0 Å². The van der Waals surface area contributed by atoms with Gasteiger partial charge in [0.15, 0.2) is 0 Å². The van der Waals surface area contributed by atoms with Crippen molar-refractivity contribution in [2.45, 2.75) is 10.8 Å². The fourth-order valence-electron chi connectivity index (χ4n) is 18.3. The molecule has 0 radical (unpaired) electrons. The highest BCUT2D eigenvalue weighted by Crippen LogP contribution is 2.65. The number of rotatable bonds is 8. The second kappa shape index (κ2) is 20.8. The van der Waals surface area contributed by atoms with Gasteiger partial charge in [-0.25, -0.2) is 0 Å². The Hall–Kier alpha value is -13.0. The first kappa shape index (κ1) is 55.1. The molecule has 0 fully saturated rings. The minimum absolute atomic E-state index is 0.490. The van der Waals surface area contributed by atoms with Gasteiger partial charge in [-0.15, -0.1) is 0 Å². The Morgan fingerprint density at radius 1 is 0.180 bits per heavy atom. The van der Waals surface area contributed by atoms with Gasteiger partial charge in [0.25, 0.3) is 0 Å². The van der Waals surface area contributed by atoms with Crippen molar-refractivity contribution < 1.29 is 8.83 Å². The summed E-state index contributed by atoms with van der Waals surface area (Å²) in [6.45, 7) is 0. The van der Waals surface area contributed by atoms with Crippen LogP contribution in [-0.2, 0) is 10.8 Å². The largest absolute Gasteiger partial charge is 0.456 e. The van der Waals surface area contributed by atoms with E-state index in [0.717, 1.165) is 99.9 Å². The third-order valence-electron chi connectivity index (χ3n) is 22.4. The Bertz CT molecular complexity index is 5960. The highest BCUT2D eigenvalue weighted by Gasteiger charge is 2.53. The summed E-state index contributed by atoms with van der Waals surface area (Å²) in [5.41, 5.74) is 34.0. The molecule has 18 aromatic rings. The first-order valence-electron chi connectivity index (χ1n) is 34.6. The first-order valence-corrected chi connectivity index (χ1v) is 34.6. The van der Waals surface area contributed by atoms with Crippen LogP contribution in [0.3, 0.4) is 0 Å². The van der Waals surface area contributed by atoms with Crippen LogP contribution in [0.4, 0.5) is 34.1 Å². The summed E-state index contributed by atoms with van der Waals surface area (Å²) < 4.78 is 14.1. The lowest BCUT2D eigenvalue weighted by atomic mass is 9.70. The highest BCUT2D eigenvalue weighted by molar-refractivity contribution is 6.16. The van der Waals surface area contributed by atoms with Crippen LogP contribution >= 0.6 is 0 Å². The standard InChI is InChI=1S/C96H58N2O2/c1-3-19-59(20-4-1)61-35-39-65(40-36-61)97(67-43-47-77-75-27-11-17-33-87(75)95(89(77)55-67)83-29-13-7-23-71(83)72-24-8-14-30-84(72)95)69-45-49-79-81-51-63-52-82-80-50-46-70(58-94(80)100-92(82)54-64(63)53-91(81)99-93(79)57-69)98(66-41-37-62(38-42-66)60-21-5-2-6-22-60)68-44-48-78-76-28-12-18-34-88(76)96(90(78)56-68)85-31-15-9-25-73(85)74-26-10-16-32-86(74)96/h1-58H. The average Bonchev–Trinajstić information content (AvgIpc) is 1.52. The zero-order valence-corrected chi connectivity index (χ0v) is 54.2. The predicted molar refractivity (Wildman–Crippen MR) is 411 cm³/mol. The summed E-state index contributed by atoms with van der Waals surface area (Å²) >= 11 is 0. The molecule has 4 aliphatic rings. The zero-order chi connectivity index (χ0) is 65.4. The van der Waals surface area contributed by atoms with Crippen LogP contribution in [0, 0.1) is 0 Å². The lowest BCUT2D eigenvalue weighted by Crippen LogP contribution is -2.26. The smallest absolute Gasteiger partial charge is 0.137 e. The van der Waals surface area contributed by atoms with Crippen LogP contribution in [0.25, 0.3) is 121 Å². The van der Waals surface area contributed by atoms with Crippen LogP contribution in [0.15, 0.2) is 361 Å². The van der Waals surface area contributed by atoms with Crippen molar-refractivity contribution in [2.24, 2.45) is 0 Å². The minimum atomic E-state index is -0.490. The molecule has 0 aliphatic heterocycles. The lowest BCUT2D eigenvalue weighted by molar-refractivity contribution is 0.668. The summed E-state index contributed by atoms with van der Waals surface area (Å²) in [5, 5.41) is 6.41. The van der Waals surface area contributed by atoms with Gasteiger partial charge in [-0.2, -0.15) is 0 Å². The second-order valence-corrected chi connectivity index (χ2v) is 27.3. The molecule has 0 unspecified atom stereocenters. The third kappa shape index (κ3) is 7.59. The molecule has 0 amide bonds. The number of anilines is 6. The average molecular weight is 1270 g/mol. The fraction of sp³-hybridized carbons (Fsp3) is 0.0208. The molecule has 0 bridgehead atoms. The van der Waals surface area contributed by atoms with Gasteiger partial charge in [-0.1, -0.05) is 243 Å². The molecule has 0 N–H and O–H groups in total. The Balaban J connectivity index is 0.665. The molecule has 4 aliphatic carbocycles. The van der Waals surface area contributed by atoms with Crippen LogP contribution in [0.1, 0.15) is 44.5 Å². The molecular formula is C96H58N2O2. The predicted octanol–water partition coefficient (Wildman–Crippen LogP) is 25.6. The molecule has 100 heavy (non-hydrogen) atoms. The summed E-state index contributed by atoms with van der Waals surface area (Å²) in [7, 11) is 0. The molecule has 4 nitrogen and oxygen atoms in total. The molecule has 2 aromatic heterocycles. The van der Waals surface area contributed by atoms with Gasteiger partial charge in [-0.05, 0) is 219 Å². The summed E-state index contributed by atoms with van der Waals surface area (Å²) in [5.74, 6) is 0. The van der Waals surface area contributed by atoms with E-state index in [-0.39, 0.29) is 0 Å². The summed E-state index contributed by atoms with van der Waals surface area (Å²) in [6, 6.07) is 130. The summed E-state index contributed by atoms with van der Waals surface area (Å²) in [6.07, 6.45) is 0. The quantitative estimate of drug-likeness (QED) is 0.152. The number of benzene rings is 16. The van der Waals surface area contributed by atoms with Crippen molar-refractivity contribution in [1.29, 1.82) is 0 Å². The maximum atomic E-state index is 7.05. The molecule has 22 rings (SSSR count). The highest BCUT2D eigenvalue weighted by atomic mass is 16.3. The number of fused-ring (bicyclic) bond motifs is 27. The van der Waals surface area contributed by atoms with Crippen molar-refractivity contribution in [3.63, 3.8) is 0 Å². The van der Waals surface area contributed by atoms with Gasteiger partial charge in [0.2, 0.25) is 0 Å². The van der Waals surface area contributed by atoms with Crippen molar-refractivity contribution in [1.82, 2.24) is 0 Å². The van der Waals surface area contributed by atoms with E-state index in [1.165, 1.54) is 100 Å². The number of furan rings is 2. The van der Waals surface area contributed by atoms with Crippen molar-refractivity contribution in [2.75, 3.05) is 9.80 Å². The van der Waals surface area contributed by atoms with Gasteiger partial charge in [0.1, 0.15) is 22.3 Å². The van der Waals surface area contributed by atoms with Crippen molar-refractivity contribution in [3.8, 4) is 66.8 Å². The number of hydrogen-bond donors (Lipinski definition) is 0. The monoisotopic (exact) mass is 1270 g/mol. The Morgan fingerprint density at radius 3 is 0.790 bits per heavy atom. The van der Waals surface area contributed by atoms with E-state index >= 15 is 0 Å². The molecule has 0 saturated heterocycles. The van der Waals surface area contributed by atoms with Gasteiger partial charge in [0, 0.05) is 67.8 Å². The first-order chi connectivity index (χ1) is 49.5. The van der Waals surface area contributed by atoms with Gasteiger partial charge in [-0.3, -0.25) is 0 Å². The molecule has 16 aromatic carbocycles. The van der Waals surface area contributed by atoms with Crippen LogP contribution in [0.2, 0.25) is 0 Å². The van der Waals surface area contributed by atoms with E-state index in [0.29, 0.717) is 0 Å². The molecule has 2 heterocycles. The van der Waals surface area contributed by atoms with Gasteiger partial charge < -0.3 is 18.6 Å². The maximum absolute atomic E-state index is 7.05. The molecule has 464 valence electrons.